The van der Waals surface area contributed by atoms with E-state index in [1.54, 1.807) is 11.8 Å². The van der Waals surface area contributed by atoms with Crippen molar-refractivity contribution in [2.75, 3.05) is 17.2 Å². The van der Waals surface area contributed by atoms with Crippen LogP contribution in [0.2, 0.25) is 0 Å². The molecule has 0 unspecified atom stereocenters. The number of thioether (sulfide) groups is 1. The Bertz CT molecular complexity index is 627. The second-order valence-corrected chi connectivity index (χ2v) is 7.42. The molecule has 2 aromatic rings. The Hall–Kier alpha value is -1.60. The summed E-state index contributed by atoms with van der Waals surface area (Å²) in [7, 11) is 0. The van der Waals surface area contributed by atoms with E-state index in [4.69, 9.17) is 5.73 Å². The highest BCUT2D eigenvalue weighted by molar-refractivity contribution is 7.99. The molecule has 1 aliphatic carbocycles. The summed E-state index contributed by atoms with van der Waals surface area (Å²) in [5.74, 6) is 2.41. The zero-order valence-electron chi connectivity index (χ0n) is 12.1. The SMILES string of the molecule is Nc1nnc([C@@H](NC(=O)CSCC2CC2)c2ccccc2)s1. The average molecular weight is 334 g/mol. The molecule has 1 fully saturated rings. The smallest absolute Gasteiger partial charge is 0.230 e. The van der Waals surface area contributed by atoms with Crippen LogP contribution in [0.4, 0.5) is 5.13 Å². The van der Waals surface area contributed by atoms with Gasteiger partial charge in [0.05, 0.1) is 5.75 Å². The summed E-state index contributed by atoms with van der Waals surface area (Å²) in [4.78, 5) is 12.2. The molecule has 1 heterocycles. The van der Waals surface area contributed by atoms with Gasteiger partial charge in [0.1, 0.15) is 11.0 Å². The predicted octanol–water partition coefficient (Wildman–Crippen LogP) is 2.47. The summed E-state index contributed by atoms with van der Waals surface area (Å²) in [5, 5.41) is 12.1. The molecule has 7 heteroatoms. The van der Waals surface area contributed by atoms with Gasteiger partial charge in [-0.15, -0.1) is 10.2 Å². The van der Waals surface area contributed by atoms with E-state index in [1.165, 1.54) is 24.2 Å². The van der Waals surface area contributed by atoms with Crippen LogP contribution in [0.5, 0.6) is 0 Å². The fourth-order valence-corrected chi connectivity index (χ4v) is 3.85. The number of nitrogens with zero attached hydrogens (tertiary/aromatic N) is 2. The maximum Gasteiger partial charge on any atom is 0.230 e. The summed E-state index contributed by atoms with van der Waals surface area (Å²) in [6.07, 6.45) is 2.62. The third-order valence-corrected chi connectivity index (χ3v) is 5.42. The number of anilines is 1. The van der Waals surface area contributed by atoms with Crippen LogP contribution in [0.15, 0.2) is 30.3 Å². The number of amides is 1. The summed E-state index contributed by atoms with van der Waals surface area (Å²) in [6.45, 7) is 0. The summed E-state index contributed by atoms with van der Waals surface area (Å²) >= 11 is 3.01. The van der Waals surface area contributed by atoms with Crippen LogP contribution in [0, 0.1) is 5.92 Å². The van der Waals surface area contributed by atoms with Gasteiger partial charge in [0.2, 0.25) is 11.0 Å². The predicted molar refractivity (Wildman–Crippen MR) is 90.8 cm³/mol. The maximum absolute atomic E-state index is 12.2. The van der Waals surface area contributed by atoms with Gasteiger partial charge in [-0.3, -0.25) is 4.79 Å². The summed E-state index contributed by atoms with van der Waals surface area (Å²) < 4.78 is 0. The second kappa shape index (κ2) is 7.11. The molecule has 0 saturated heterocycles. The Kier molecular flexibility index (Phi) is 4.94. The first kappa shape index (κ1) is 15.3. The van der Waals surface area contributed by atoms with Crippen LogP contribution in [0.3, 0.4) is 0 Å². The first-order valence-electron chi connectivity index (χ1n) is 7.23. The Morgan fingerprint density at radius 3 is 2.77 bits per heavy atom. The minimum atomic E-state index is -0.287. The van der Waals surface area contributed by atoms with E-state index < -0.39 is 0 Å². The topological polar surface area (TPSA) is 80.9 Å². The third-order valence-electron chi connectivity index (χ3n) is 3.43. The van der Waals surface area contributed by atoms with E-state index in [0.29, 0.717) is 15.9 Å². The lowest BCUT2D eigenvalue weighted by Crippen LogP contribution is -2.30. The highest BCUT2D eigenvalue weighted by Crippen LogP contribution is 2.32. The average Bonchev–Trinajstić information content (AvgIpc) is 3.25. The molecule has 1 amide bonds. The van der Waals surface area contributed by atoms with E-state index in [-0.39, 0.29) is 11.9 Å². The molecule has 1 aromatic carbocycles. The van der Waals surface area contributed by atoms with Gasteiger partial charge in [0, 0.05) is 0 Å². The highest BCUT2D eigenvalue weighted by atomic mass is 32.2. The minimum Gasteiger partial charge on any atom is -0.374 e. The molecule has 22 heavy (non-hydrogen) atoms. The quantitative estimate of drug-likeness (QED) is 0.813. The highest BCUT2D eigenvalue weighted by Gasteiger charge is 2.23. The first-order valence-corrected chi connectivity index (χ1v) is 9.20. The maximum atomic E-state index is 12.2. The number of nitrogens with two attached hydrogens (primary N) is 1. The standard InChI is InChI=1S/C15H18N4OS2/c16-15-19-18-14(22-15)13(11-4-2-1-3-5-11)17-12(20)9-21-8-10-6-7-10/h1-5,10,13H,6-9H2,(H2,16,19)(H,17,20)/t13-/m0/s1. The molecule has 116 valence electrons. The van der Waals surface area contributed by atoms with Crippen molar-refractivity contribution in [2.24, 2.45) is 5.92 Å². The van der Waals surface area contributed by atoms with E-state index in [9.17, 15) is 4.79 Å². The lowest BCUT2D eigenvalue weighted by atomic mass is 10.1. The van der Waals surface area contributed by atoms with Crippen molar-refractivity contribution in [1.82, 2.24) is 15.5 Å². The number of carbonyl (C=O) groups excluding carboxylic acids is 1. The van der Waals surface area contributed by atoms with E-state index in [1.807, 2.05) is 30.3 Å². The molecule has 0 spiro atoms. The molecule has 0 aliphatic heterocycles. The van der Waals surface area contributed by atoms with Gasteiger partial charge < -0.3 is 11.1 Å². The number of hydrogen-bond donors (Lipinski definition) is 2. The van der Waals surface area contributed by atoms with Gasteiger partial charge in [0.25, 0.3) is 0 Å². The molecule has 3 rings (SSSR count). The van der Waals surface area contributed by atoms with Gasteiger partial charge >= 0.3 is 0 Å². The van der Waals surface area contributed by atoms with Crippen molar-refractivity contribution >= 4 is 34.1 Å². The number of aromatic nitrogens is 2. The Labute approximate surface area is 137 Å². The monoisotopic (exact) mass is 334 g/mol. The Balaban J connectivity index is 1.66. The molecule has 5 nitrogen and oxygen atoms in total. The van der Waals surface area contributed by atoms with Crippen LogP contribution in [0.25, 0.3) is 0 Å². The Morgan fingerprint density at radius 1 is 1.36 bits per heavy atom. The zero-order valence-corrected chi connectivity index (χ0v) is 13.7. The second-order valence-electron chi connectivity index (χ2n) is 5.35. The van der Waals surface area contributed by atoms with E-state index in [0.717, 1.165) is 17.2 Å². The molecule has 3 N–H and O–H groups in total. The summed E-state index contributed by atoms with van der Waals surface area (Å²) in [6, 6.07) is 9.49. The first-order chi connectivity index (χ1) is 10.7. The van der Waals surface area contributed by atoms with Crippen LogP contribution in [0.1, 0.15) is 29.5 Å². The lowest BCUT2D eigenvalue weighted by Gasteiger charge is -2.16. The van der Waals surface area contributed by atoms with Gasteiger partial charge in [-0.05, 0) is 30.1 Å². The Morgan fingerprint density at radius 2 is 2.14 bits per heavy atom. The van der Waals surface area contributed by atoms with E-state index >= 15 is 0 Å². The molecular formula is C15H18N4OS2. The largest absolute Gasteiger partial charge is 0.374 e. The van der Waals surface area contributed by atoms with Gasteiger partial charge in [0.15, 0.2) is 0 Å². The van der Waals surface area contributed by atoms with Crippen LogP contribution < -0.4 is 11.1 Å². The van der Waals surface area contributed by atoms with E-state index in [2.05, 4.69) is 15.5 Å². The van der Waals surface area contributed by atoms with Crippen molar-refractivity contribution in [3.8, 4) is 0 Å². The number of carbonyl (C=O) groups is 1. The number of rotatable bonds is 7. The van der Waals surface area contributed by atoms with Crippen molar-refractivity contribution in [3.63, 3.8) is 0 Å². The molecular weight excluding hydrogens is 316 g/mol. The van der Waals surface area contributed by atoms with Gasteiger partial charge in [-0.25, -0.2) is 0 Å². The third kappa shape index (κ3) is 4.20. The number of nitrogens with one attached hydrogen (secondary N) is 1. The number of hydrogen-bond acceptors (Lipinski definition) is 6. The normalized spacial score (nSPS) is 15.5. The van der Waals surface area contributed by atoms with Crippen LogP contribution in [-0.4, -0.2) is 27.6 Å². The number of nitrogen functional groups attached to an aromatic ring is 1. The molecule has 0 radical (unpaired) electrons. The fourth-order valence-electron chi connectivity index (χ4n) is 2.10. The van der Waals surface area contributed by atoms with Crippen molar-refractivity contribution < 1.29 is 4.79 Å². The van der Waals surface area contributed by atoms with Gasteiger partial charge in [-0.2, -0.15) is 11.8 Å². The summed E-state index contributed by atoms with van der Waals surface area (Å²) in [5.41, 5.74) is 6.66. The molecule has 1 aromatic heterocycles. The number of benzene rings is 1. The lowest BCUT2D eigenvalue weighted by molar-refractivity contribution is -0.119. The van der Waals surface area contributed by atoms with Gasteiger partial charge in [-0.1, -0.05) is 41.7 Å². The van der Waals surface area contributed by atoms with Crippen molar-refractivity contribution in [1.29, 1.82) is 0 Å². The zero-order chi connectivity index (χ0) is 15.4. The molecule has 1 saturated carbocycles. The van der Waals surface area contributed by atoms with Crippen molar-refractivity contribution in [3.05, 3.63) is 40.9 Å². The van der Waals surface area contributed by atoms with Crippen molar-refractivity contribution in [2.45, 2.75) is 18.9 Å². The van der Waals surface area contributed by atoms with Crippen LogP contribution in [-0.2, 0) is 4.79 Å². The molecule has 1 aliphatic rings. The minimum absolute atomic E-state index is 0.0216. The van der Waals surface area contributed by atoms with Crippen LogP contribution >= 0.6 is 23.1 Å². The molecule has 1 atom stereocenters. The molecule has 0 bridgehead atoms. The fraction of sp³-hybridized carbons (Fsp3) is 0.400.